The molecule has 0 aliphatic heterocycles. The molecule has 0 aliphatic carbocycles. The Kier molecular flexibility index (Phi) is 8.17. The van der Waals surface area contributed by atoms with Crippen molar-refractivity contribution in [2.75, 3.05) is 19.6 Å². The zero-order valence-corrected chi connectivity index (χ0v) is 15.8. The fraction of sp³-hybridized carbons (Fsp3) is 0.588. The van der Waals surface area contributed by atoms with Crippen molar-refractivity contribution in [2.45, 2.75) is 46.3 Å². The van der Waals surface area contributed by atoms with Gasteiger partial charge in [-0.05, 0) is 39.3 Å². The van der Waals surface area contributed by atoms with Crippen LogP contribution in [0, 0.1) is 0 Å². The fourth-order valence-corrected chi connectivity index (χ4v) is 2.55. The average Bonchev–Trinajstić information content (AvgIpc) is 2.42. The summed E-state index contributed by atoms with van der Waals surface area (Å²) in [5.74, 6) is 0. The van der Waals surface area contributed by atoms with Gasteiger partial charge in [0.05, 0.1) is 0 Å². The van der Waals surface area contributed by atoms with Crippen molar-refractivity contribution in [1.29, 1.82) is 0 Å². The molecule has 0 saturated carbocycles. The minimum Gasteiger partial charge on any atom is -0.444 e. The summed E-state index contributed by atoms with van der Waals surface area (Å²) in [6.45, 7) is 10.1. The molecule has 6 heteroatoms. The maximum absolute atomic E-state index is 12.2. The number of carbonyl (C=O) groups is 1. The van der Waals surface area contributed by atoms with Crippen LogP contribution in [0.25, 0.3) is 0 Å². The summed E-state index contributed by atoms with van der Waals surface area (Å²) in [7, 11) is 0. The highest BCUT2D eigenvalue weighted by atomic mass is 35.5. The summed E-state index contributed by atoms with van der Waals surface area (Å²) in [6, 6.07) is 5.45. The third-order valence-corrected chi connectivity index (χ3v) is 3.78. The van der Waals surface area contributed by atoms with Crippen LogP contribution in [0.2, 0.25) is 10.0 Å². The Morgan fingerprint density at radius 2 is 1.83 bits per heavy atom. The second-order valence-corrected chi connectivity index (χ2v) is 7.16. The third kappa shape index (κ3) is 7.42. The van der Waals surface area contributed by atoms with E-state index < -0.39 is 5.60 Å². The van der Waals surface area contributed by atoms with Crippen LogP contribution in [0.5, 0.6) is 0 Å². The Balaban J connectivity index is 2.48. The van der Waals surface area contributed by atoms with E-state index in [1.165, 1.54) is 0 Å². The standard InChI is InChI=1S/C17H26Cl2N2O2/c1-5-10-21(16(22)23-17(2,3)4)11-9-20-12-13-14(18)7-6-8-15(13)19/h6-8,20H,5,9-12H2,1-4H3. The molecular formula is C17H26Cl2N2O2. The van der Waals surface area contributed by atoms with Crippen molar-refractivity contribution in [3.8, 4) is 0 Å². The second-order valence-electron chi connectivity index (χ2n) is 6.34. The van der Waals surface area contributed by atoms with Gasteiger partial charge in [-0.1, -0.05) is 36.2 Å². The SMILES string of the molecule is CCCN(CCNCc1c(Cl)cccc1Cl)C(=O)OC(C)(C)C. The molecule has 0 heterocycles. The molecule has 0 bridgehead atoms. The number of halogens is 2. The van der Waals surface area contributed by atoms with E-state index in [9.17, 15) is 4.79 Å². The molecular weight excluding hydrogens is 335 g/mol. The fourth-order valence-electron chi connectivity index (χ4n) is 2.02. The first-order valence-electron chi connectivity index (χ1n) is 7.86. The Morgan fingerprint density at radius 1 is 1.22 bits per heavy atom. The quantitative estimate of drug-likeness (QED) is 0.714. The van der Waals surface area contributed by atoms with Crippen molar-refractivity contribution >= 4 is 29.3 Å². The van der Waals surface area contributed by atoms with Gasteiger partial charge in [0.25, 0.3) is 0 Å². The first-order chi connectivity index (χ1) is 10.7. The Labute approximate surface area is 149 Å². The number of benzene rings is 1. The molecule has 130 valence electrons. The topological polar surface area (TPSA) is 41.6 Å². The van der Waals surface area contributed by atoms with E-state index in [1.807, 2.05) is 45.9 Å². The van der Waals surface area contributed by atoms with Gasteiger partial charge in [-0.3, -0.25) is 0 Å². The molecule has 1 N–H and O–H groups in total. The van der Waals surface area contributed by atoms with E-state index in [1.54, 1.807) is 4.90 Å². The van der Waals surface area contributed by atoms with Crippen LogP contribution in [0.4, 0.5) is 4.79 Å². The summed E-state index contributed by atoms with van der Waals surface area (Å²) in [5.41, 5.74) is 0.386. The number of hydrogen-bond donors (Lipinski definition) is 1. The maximum Gasteiger partial charge on any atom is 0.410 e. The molecule has 0 aromatic heterocycles. The largest absolute Gasteiger partial charge is 0.444 e. The number of amides is 1. The summed E-state index contributed by atoms with van der Waals surface area (Å²) >= 11 is 12.3. The zero-order valence-electron chi connectivity index (χ0n) is 14.3. The lowest BCUT2D eigenvalue weighted by molar-refractivity contribution is 0.0252. The van der Waals surface area contributed by atoms with Crippen molar-refractivity contribution in [2.24, 2.45) is 0 Å². The van der Waals surface area contributed by atoms with Crippen molar-refractivity contribution in [3.05, 3.63) is 33.8 Å². The summed E-state index contributed by atoms with van der Waals surface area (Å²) in [6.07, 6.45) is 0.604. The molecule has 0 radical (unpaired) electrons. The molecule has 23 heavy (non-hydrogen) atoms. The molecule has 0 unspecified atom stereocenters. The lowest BCUT2D eigenvalue weighted by atomic mass is 10.2. The van der Waals surface area contributed by atoms with E-state index in [-0.39, 0.29) is 6.09 Å². The number of rotatable bonds is 7. The van der Waals surface area contributed by atoms with Crippen LogP contribution in [0.3, 0.4) is 0 Å². The van der Waals surface area contributed by atoms with Crippen molar-refractivity contribution in [3.63, 3.8) is 0 Å². The first kappa shape index (κ1) is 20.1. The maximum atomic E-state index is 12.2. The molecule has 1 aromatic rings. The van der Waals surface area contributed by atoms with Crippen LogP contribution < -0.4 is 5.32 Å². The van der Waals surface area contributed by atoms with Crippen LogP contribution in [-0.2, 0) is 11.3 Å². The van der Waals surface area contributed by atoms with Crippen molar-refractivity contribution < 1.29 is 9.53 Å². The van der Waals surface area contributed by atoms with Gasteiger partial charge in [0.1, 0.15) is 5.60 Å². The predicted octanol–water partition coefficient (Wildman–Crippen LogP) is 4.73. The molecule has 1 amide bonds. The van der Waals surface area contributed by atoms with Gasteiger partial charge in [-0.2, -0.15) is 0 Å². The van der Waals surface area contributed by atoms with Crippen LogP contribution in [0.15, 0.2) is 18.2 Å². The minimum absolute atomic E-state index is 0.281. The number of hydrogen-bond acceptors (Lipinski definition) is 3. The number of nitrogens with one attached hydrogen (secondary N) is 1. The highest BCUT2D eigenvalue weighted by Gasteiger charge is 2.21. The Bertz CT molecular complexity index is 496. The van der Waals surface area contributed by atoms with E-state index >= 15 is 0 Å². The molecule has 1 rings (SSSR count). The van der Waals surface area contributed by atoms with Gasteiger partial charge >= 0.3 is 6.09 Å². The van der Waals surface area contributed by atoms with Gasteiger partial charge in [-0.25, -0.2) is 4.79 Å². The molecule has 0 saturated heterocycles. The molecule has 0 fully saturated rings. The molecule has 0 spiro atoms. The predicted molar refractivity (Wildman–Crippen MR) is 96.3 cm³/mol. The van der Waals surface area contributed by atoms with E-state index in [4.69, 9.17) is 27.9 Å². The van der Waals surface area contributed by atoms with Crippen LogP contribution >= 0.6 is 23.2 Å². The summed E-state index contributed by atoms with van der Waals surface area (Å²) in [4.78, 5) is 13.9. The zero-order chi connectivity index (χ0) is 17.5. The Hall–Kier alpha value is -0.970. The van der Waals surface area contributed by atoms with E-state index in [2.05, 4.69) is 5.32 Å². The highest BCUT2D eigenvalue weighted by molar-refractivity contribution is 6.35. The van der Waals surface area contributed by atoms with Gasteiger partial charge in [-0.15, -0.1) is 0 Å². The molecule has 1 aromatic carbocycles. The van der Waals surface area contributed by atoms with Gasteiger partial charge in [0, 0.05) is 41.8 Å². The first-order valence-corrected chi connectivity index (χ1v) is 8.61. The number of nitrogens with zero attached hydrogens (tertiary/aromatic N) is 1. The van der Waals surface area contributed by atoms with E-state index in [0.717, 1.165) is 12.0 Å². The van der Waals surface area contributed by atoms with Gasteiger partial charge in [0.15, 0.2) is 0 Å². The van der Waals surface area contributed by atoms with E-state index in [0.29, 0.717) is 36.2 Å². The van der Waals surface area contributed by atoms with Crippen LogP contribution in [-0.4, -0.2) is 36.2 Å². The minimum atomic E-state index is -0.485. The number of carbonyl (C=O) groups excluding carboxylic acids is 1. The molecule has 0 aliphatic rings. The highest BCUT2D eigenvalue weighted by Crippen LogP contribution is 2.23. The molecule has 0 atom stereocenters. The monoisotopic (exact) mass is 360 g/mol. The molecule has 4 nitrogen and oxygen atoms in total. The normalized spacial score (nSPS) is 11.4. The van der Waals surface area contributed by atoms with Gasteiger partial charge < -0.3 is 15.0 Å². The second kappa shape index (κ2) is 9.36. The lowest BCUT2D eigenvalue weighted by Gasteiger charge is -2.27. The van der Waals surface area contributed by atoms with Crippen LogP contribution in [0.1, 0.15) is 39.7 Å². The summed E-state index contributed by atoms with van der Waals surface area (Å²) < 4.78 is 5.42. The third-order valence-electron chi connectivity index (χ3n) is 3.07. The van der Waals surface area contributed by atoms with Gasteiger partial charge in [0.2, 0.25) is 0 Å². The van der Waals surface area contributed by atoms with Crippen molar-refractivity contribution in [1.82, 2.24) is 10.2 Å². The average molecular weight is 361 g/mol. The smallest absolute Gasteiger partial charge is 0.410 e. The summed E-state index contributed by atoms with van der Waals surface area (Å²) in [5, 5.41) is 4.55. The number of ether oxygens (including phenoxy) is 1. The lowest BCUT2D eigenvalue weighted by Crippen LogP contribution is -2.40. The Morgan fingerprint density at radius 3 is 2.35 bits per heavy atom.